The molecule has 0 atom stereocenters. The second kappa shape index (κ2) is 8.17. The van der Waals surface area contributed by atoms with Gasteiger partial charge in [-0.05, 0) is 55.0 Å². The van der Waals surface area contributed by atoms with Gasteiger partial charge in [0.25, 0.3) is 5.91 Å². The number of halogens is 2. The summed E-state index contributed by atoms with van der Waals surface area (Å²) >= 11 is 11.9. The lowest BCUT2D eigenvalue weighted by Crippen LogP contribution is -2.16. The number of carbonyl (C=O) groups is 1. The number of pyridine rings is 2. The first-order valence-electron chi connectivity index (χ1n) is 7.90. The minimum absolute atomic E-state index is 0.284. The third-order valence-electron chi connectivity index (χ3n) is 3.67. The van der Waals surface area contributed by atoms with Gasteiger partial charge in [0.05, 0.1) is 15.6 Å². The molecule has 0 aliphatic carbocycles. The van der Waals surface area contributed by atoms with Crippen LogP contribution in [0.1, 0.15) is 21.6 Å². The molecule has 0 fully saturated rings. The highest BCUT2D eigenvalue weighted by Crippen LogP contribution is 2.26. The Balaban J connectivity index is 1.79. The van der Waals surface area contributed by atoms with Gasteiger partial charge >= 0.3 is 0 Å². The summed E-state index contributed by atoms with van der Waals surface area (Å²) in [6, 6.07) is 12.3. The fraction of sp³-hybridized carbons (Fsp3) is 0.105. The van der Waals surface area contributed by atoms with E-state index in [1.54, 1.807) is 42.7 Å². The number of benzene rings is 1. The molecule has 2 N–H and O–H groups in total. The van der Waals surface area contributed by atoms with Crippen molar-refractivity contribution in [3.63, 3.8) is 0 Å². The van der Waals surface area contributed by atoms with Crippen molar-refractivity contribution in [2.24, 2.45) is 0 Å². The van der Waals surface area contributed by atoms with Gasteiger partial charge in [-0.15, -0.1) is 0 Å². The third kappa shape index (κ3) is 4.50. The summed E-state index contributed by atoms with van der Waals surface area (Å²) < 4.78 is 0. The van der Waals surface area contributed by atoms with Gasteiger partial charge < -0.3 is 10.6 Å². The van der Waals surface area contributed by atoms with E-state index in [1.165, 1.54) is 0 Å². The zero-order valence-corrected chi connectivity index (χ0v) is 15.5. The molecule has 7 heteroatoms. The lowest BCUT2D eigenvalue weighted by molar-refractivity contribution is 0.102. The quantitative estimate of drug-likeness (QED) is 0.650. The third-order valence-corrected chi connectivity index (χ3v) is 4.40. The second-order valence-electron chi connectivity index (χ2n) is 5.64. The molecule has 26 heavy (non-hydrogen) atoms. The number of anilines is 2. The maximum Gasteiger partial charge on any atom is 0.259 e. The standard InChI is InChI=1S/C19H16Cl2N4O/c1-12-2-4-15(18(24-12)23-11-13-6-8-22-9-7-13)19(26)25-14-3-5-16(20)17(21)10-14/h2-10H,11H2,1H3,(H,23,24)(H,25,26). The van der Waals surface area contributed by atoms with Crippen LogP contribution < -0.4 is 10.6 Å². The predicted octanol–water partition coefficient (Wildman–Crippen LogP) is 4.96. The van der Waals surface area contributed by atoms with Crippen molar-refractivity contribution < 1.29 is 4.79 Å². The second-order valence-corrected chi connectivity index (χ2v) is 6.46. The molecule has 0 bridgehead atoms. The Morgan fingerprint density at radius 3 is 2.54 bits per heavy atom. The minimum Gasteiger partial charge on any atom is -0.365 e. The zero-order valence-electron chi connectivity index (χ0n) is 14.0. The number of nitrogens with one attached hydrogen (secondary N) is 2. The van der Waals surface area contributed by atoms with Crippen LogP contribution in [0.5, 0.6) is 0 Å². The highest BCUT2D eigenvalue weighted by molar-refractivity contribution is 6.42. The van der Waals surface area contributed by atoms with E-state index in [1.807, 2.05) is 19.1 Å². The minimum atomic E-state index is -0.284. The van der Waals surface area contributed by atoms with Crippen molar-refractivity contribution in [1.29, 1.82) is 0 Å². The van der Waals surface area contributed by atoms with Crippen LogP contribution >= 0.6 is 23.2 Å². The van der Waals surface area contributed by atoms with E-state index >= 15 is 0 Å². The van der Waals surface area contributed by atoms with Crippen LogP contribution in [0.4, 0.5) is 11.5 Å². The number of amides is 1. The van der Waals surface area contributed by atoms with Crippen molar-refractivity contribution >= 4 is 40.6 Å². The van der Waals surface area contributed by atoms with Crippen molar-refractivity contribution in [1.82, 2.24) is 9.97 Å². The van der Waals surface area contributed by atoms with E-state index in [4.69, 9.17) is 23.2 Å². The van der Waals surface area contributed by atoms with Crippen LogP contribution in [0.15, 0.2) is 54.9 Å². The van der Waals surface area contributed by atoms with E-state index in [0.717, 1.165) is 11.3 Å². The van der Waals surface area contributed by atoms with Crippen LogP contribution in [0, 0.1) is 6.92 Å². The first-order valence-corrected chi connectivity index (χ1v) is 8.65. The van der Waals surface area contributed by atoms with Crippen LogP contribution in [0.25, 0.3) is 0 Å². The smallest absolute Gasteiger partial charge is 0.259 e. The van der Waals surface area contributed by atoms with Crippen molar-refractivity contribution in [3.8, 4) is 0 Å². The van der Waals surface area contributed by atoms with Crippen LogP contribution in [-0.2, 0) is 6.54 Å². The van der Waals surface area contributed by atoms with Crippen LogP contribution in [-0.4, -0.2) is 15.9 Å². The Kier molecular flexibility index (Phi) is 5.71. The van der Waals surface area contributed by atoms with Gasteiger partial charge in [-0.25, -0.2) is 4.98 Å². The molecule has 0 aliphatic heterocycles. The molecule has 0 aliphatic rings. The molecule has 0 radical (unpaired) electrons. The highest BCUT2D eigenvalue weighted by atomic mass is 35.5. The van der Waals surface area contributed by atoms with Crippen molar-refractivity contribution in [3.05, 3.63) is 81.7 Å². The Bertz CT molecular complexity index is 932. The van der Waals surface area contributed by atoms with Gasteiger partial charge in [0.1, 0.15) is 5.82 Å². The molecule has 1 aromatic carbocycles. The van der Waals surface area contributed by atoms with E-state index in [9.17, 15) is 4.79 Å². The summed E-state index contributed by atoms with van der Waals surface area (Å²) in [5.74, 6) is 0.229. The Hall–Kier alpha value is -2.63. The number of hydrogen-bond acceptors (Lipinski definition) is 4. The Morgan fingerprint density at radius 1 is 1.04 bits per heavy atom. The van der Waals surface area contributed by atoms with Crippen molar-refractivity contribution in [2.75, 3.05) is 10.6 Å². The molecule has 132 valence electrons. The number of carbonyl (C=O) groups excluding carboxylic acids is 1. The Labute approximate surface area is 161 Å². The zero-order chi connectivity index (χ0) is 18.5. The van der Waals surface area contributed by atoms with E-state index < -0.39 is 0 Å². The van der Waals surface area contributed by atoms with Crippen LogP contribution in [0.2, 0.25) is 10.0 Å². The molecular weight excluding hydrogens is 371 g/mol. The van der Waals surface area contributed by atoms with Gasteiger partial charge in [0, 0.05) is 30.3 Å². The number of aromatic nitrogens is 2. The average molecular weight is 387 g/mol. The number of aryl methyl sites for hydroxylation is 1. The summed E-state index contributed by atoms with van der Waals surface area (Å²) in [7, 11) is 0. The predicted molar refractivity (Wildman–Crippen MR) is 105 cm³/mol. The van der Waals surface area contributed by atoms with Gasteiger partial charge in [0.2, 0.25) is 0 Å². The lowest BCUT2D eigenvalue weighted by atomic mass is 10.2. The number of rotatable bonds is 5. The fourth-order valence-electron chi connectivity index (χ4n) is 2.33. The summed E-state index contributed by atoms with van der Waals surface area (Å²) in [5.41, 5.74) is 2.85. The van der Waals surface area contributed by atoms with Gasteiger partial charge in [0.15, 0.2) is 0 Å². The molecule has 1 amide bonds. The van der Waals surface area contributed by atoms with E-state index in [0.29, 0.717) is 33.7 Å². The monoisotopic (exact) mass is 386 g/mol. The molecule has 3 aromatic rings. The van der Waals surface area contributed by atoms with E-state index in [-0.39, 0.29) is 5.91 Å². The van der Waals surface area contributed by atoms with Gasteiger partial charge in [-0.1, -0.05) is 23.2 Å². The summed E-state index contributed by atoms with van der Waals surface area (Å²) in [6.07, 6.45) is 3.44. The van der Waals surface area contributed by atoms with E-state index in [2.05, 4.69) is 20.6 Å². The first kappa shape index (κ1) is 18.2. The summed E-state index contributed by atoms with van der Waals surface area (Å²) in [6.45, 7) is 2.41. The molecule has 0 spiro atoms. The Morgan fingerprint density at radius 2 is 1.81 bits per heavy atom. The highest BCUT2D eigenvalue weighted by Gasteiger charge is 2.14. The van der Waals surface area contributed by atoms with Crippen LogP contribution in [0.3, 0.4) is 0 Å². The van der Waals surface area contributed by atoms with Gasteiger partial charge in [-0.3, -0.25) is 9.78 Å². The molecule has 0 saturated carbocycles. The molecule has 0 saturated heterocycles. The average Bonchev–Trinajstić information content (AvgIpc) is 2.64. The largest absolute Gasteiger partial charge is 0.365 e. The molecule has 2 aromatic heterocycles. The number of hydrogen-bond donors (Lipinski definition) is 2. The molecule has 5 nitrogen and oxygen atoms in total. The maximum absolute atomic E-state index is 12.7. The first-order chi connectivity index (χ1) is 12.5. The SMILES string of the molecule is Cc1ccc(C(=O)Nc2ccc(Cl)c(Cl)c2)c(NCc2ccncc2)n1. The van der Waals surface area contributed by atoms with Crippen molar-refractivity contribution in [2.45, 2.75) is 13.5 Å². The molecule has 3 rings (SSSR count). The number of nitrogens with zero attached hydrogens (tertiary/aromatic N) is 2. The molecular formula is C19H16Cl2N4O. The lowest BCUT2D eigenvalue weighted by Gasteiger charge is -2.12. The molecule has 2 heterocycles. The fourth-order valence-corrected chi connectivity index (χ4v) is 2.63. The van der Waals surface area contributed by atoms with Gasteiger partial charge in [-0.2, -0.15) is 0 Å². The molecule has 0 unspecified atom stereocenters. The topological polar surface area (TPSA) is 66.9 Å². The summed E-state index contributed by atoms with van der Waals surface area (Å²) in [5, 5.41) is 6.83. The maximum atomic E-state index is 12.7. The summed E-state index contributed by atoms with van der Waals surface area (Å²) in [4.78, 5) is 21.1. The normalized spacial score (nSPS) is 10.4.